The first-order chi connectivity index (χ1) is 12.2. The summed E-state index contributed by atoms with van der Waals surface area (Å²) in [5.74, 6) is -0.359. The van der Waals surface area contributed by atoms with Crippen LogP contribution in [0.3, 0.4) is 0 Å². The van der Waals surface area contributed by atoms with Crippen LogP contribution in [0.25, 0.3) is 0 Å². The number of halogens is 3. The van der Waals surface area contributed by atoms with E-state index in [4.69, 9.17) is 0 Å². The first-order valence-electron chi connectivity index (χ1n) is 8.48. The molecule has 0 saturated heterocycles. The summed E-state index contributed by atoms with van der Waals surface area (Å²) >= 11 is 0. The molecule has 1 N–H and O–H groups in total. The second-order valence-electron chi connectivity index (χ2n) is 6.83. The molecule has 0 bridgehead atoms. The smallest absolute Gasteiger partial charge is 0.350 e. The van der Waals surface area contributed by atoms with Crippen molar-refractivity contribution in [2.24, 2.45) is 0 Å². The van der Waals surface area contributed by atoms with E-state index >= 15 is 0 Å². The molecule has 3 rings (SSSR count). The van der Waals surface area contributed by atoms with Crippen molar-refractivity contribution in [3.8, 4) is 0 Å². The average molecular weight is 362 g/mol. The summed E-state index contributed by atoms with van der Waals surface area (Å²) in [7, 11) is 2.01. The second-order valence-corrected chi connectivity index (χ2v) is 6.83. The molecule has 0 spiro atoms. The number of carbonyl (C=O) groups is 1. The highest BCUT2D eigenvalue weighted by molar-refractivity contribution is 5.94. The molecular weight excluding hydrogens is 341 g/mol. The number of likely N-dealkylation sites (N-methyl/N-ethyl adjacent to an activating group) is 1. The number of fused-ring (bicyclic) bond motifs is 1. The van der Waals surface area contributed by atoms with Gasteiger partial charge in [-0.1, -0.05) is 23.8 Å². The molecule has 2 aromatic rings. The third-order valence-electron chi connectivity index (χ3n) is 4.83. The minimum absolute atomic E-state index is 0.156. The SMILES string of the molecule is Cc1ccc2c(c1)CN(C)C(CNC(=O)c1ccc(C(F)(F)F)cc1)C2. The Balaban J connectivity index is 1.62. The van der Waals surface area contributed by atoms with Crippen molar-refractivity contribution < 1.29 is 18.0 Å². The second kappa shape index (κ2) is 7.11. The van der Waals surface area contributed by atoms with Gasteiger partial charge in [-0.2, -0.15) is 13.2 Å². The Hall–Kier alpha value is -2.34. The fraction of sp³-hybridized carbons (Fsp3) is 0.350. The zero-order valence-electron chi connectivity index (χ0n) is 14.7. The van der Waals surface area contributed by atoms with Gasteiger partial charge in [-0.25, -0.2) is 0 Å². The van der Waals surface area contributed by atoms with E-state index in [1.54, 1.807) is 0 Å². The van der Waals surface area contributed by atoms with Gasteiger partial charge in [-0.15, -0.1) is 0 Å². The lowest BCUT2D eigenvalue weighted by molar-refractivity contribution is -0.137. The Bertz CT molecular complexity index is 800. The summed E-state index contributed by atoms with van der Waals surface area (Å²) in [5, 5.41) is 2.84. The van der Waals surface area contributed by atoms with Crippen LogP contribution >= 0.6 is 0 Å². The molecule has 1 unspecified atom stereocenters. The molecule has 6 heteroatoms. The Morgan fingerprint density at radius 2 is 1.85 bits per heavy atom. The number of nitrogens with one attached hydrogen (secondary N) is 1. The molecule has 2 aromatic carbocycles. The van der Waals surface area contributed by atoms with Crippen LogP contribution in [0.4, 0.5) is 13.2 Å². The van der Waals surface area contributed by atoms with Crippen LogP contribution in [-0.2, 0) is 19.1 Å². The summed E-state index contributed by atoms with van der Waals surface area (Å²) in [6, 6.07) is 10.8. The predicted molar refractivity (Wildman–Crippen MR) is 93.9 cm³/mol. The van der Waals surface area contributed by atoms with E-state index in [-0.39, 0.29) is 17.5 Å². The maximum absolute atomic E-state index is 12.6. The van der Waals surface area contributed by atoms with E-state index in [1.807, 2.05) is 7.05 Å². The van der Waals surface area contributed by atoms with Gasteiger partial charge in [0.25, 0.3) is 5.91 Å². The number of rotatable bonds is 3. The van der Waals surface area contributed by atoms with E-state index < -0.39 is 11.7 Å². The Labute approximate surface area is 150 Å². The van der Waals surface area contributed by atoms with Gasteiger partial charge in [0.2, 0.25) is 0 Å². The molecule has 0 fully saturated rings. The van der Waals surface area contributed by atoms with Gasteiger partial charge in [-0.3, -0.25) is 9.69 Å². The first kappa shape index (κ1) is 18.5. The lowest BCUT2D eigenvalue weighted by atomic mass is 9.93. The van der Waals surface area contributed by atoms with Crippen LogP contribution in [0.1, 0.15) is 32.6 Å². The van der Waals surface area contributed by atoms with Crippen molar-refractivity contribution in [2.75, 3.05) is 13.6 Å². The van der Waals surface area contributed by atoms with Gasteiger partial charge < -0.3 is 5.32 Å². The molecule has 1 heterocycles. The van der Waals surface area contributed by atoms with Crippen LogP contribution in [0, 0.1) is 6.92 Å². The third-order valence-corrected chi connectivity index (χ3v) is 4.83. The highest BCUT2D eigenvalue weighted by Crippen LogP contribution is 2.29. The Kier molecular flexibility index (Phi) is 5.05. The lowest BCUT2D eigenvalue weighted by Gasteiger charge is -2.34. The predicted octanol–water partition coefficient (Wildman–Crippen LogP) is 3.80. The quantitative estimate of drug-likeness (QED) is 0.901. The third kappa shape index (κ3) is 4.07. The van der Waals surface area contributed by atoms with E-state index in [0.29, 0.717) is 6.54 Å². The maximum Gasteiger partial charge on any atom is 0.416 e. The molecule has 0 aliphatic carbocycles. The normalized spacial score (nSPS) is 17.7. The van der Waals surface area contributed by atoms with Gasteiger partial charge in [0, 0.05) is 24.7 Å². The zero-order valence-corrected chi connectivity index (χ0v) is 14.7. The molecule has 0 saturated carbocycles. The van der Waals surface area contributed by atoms with Crippen LogP contribution in [-0.4, -0.2) is 30.4 Å². The van der Waals surface area contributed by atoms with E-state index in [9.17, 15) is 18.0 Å². The summed E-state index contributed by atoms with van der Waals surface area (Å²) in [4.78, 5) is 14.4. The van der Waals surface area contributed by atoms with Crippen LogP contribution in [0.15, 0.2) is 42.5 Å². The molecule has 1 amide bonds. The van der Waals surface area contributed by atoms with Crippen molar-refractivity contribution in [3.63, 3.8) is 0 Å². The number of carbonyl (C=O) groups excluding carboxylic acids is 1. The standard InChI is InChI=1S/C20H21F3N2O/c1-13-3-4-15-10-18(25(2)12-16(15)9-13)11-24-19(26)14-5-7-17(8-6-14)20(21,22)23/h3-9,18H,10-12H2,1-2H3,(H,24,26). The van der Waals surface area contributed by atoms with E-state index in [1.165, 1.54) is 28.8 Å². The largest absolute Gasteiger partial charge is 0.416 e. The molecule has 26 heavy (non-hydrogen) atoms. The maximum atomic E-state index is 12.6. The van der Waals surface area contributed by atoms with Gasteiger partial charge in [0.05, 0.1) is 5.56 Å². The van der Waals surface area contributed by atoms with Crippen LogP contribution in [0.2, 0.25) is 0 Å². The minimum atomic E-state index is -4.40. The lowest BCUT2D eigenvalue weighted by Crippen LogP contribution is -2.45. The first-order valence-corrected chi connectivity index (χ1v) is 8.48. The molecule has 1 atom stereocenters. The molecule has 1 aliphatic heterocycles. The van der Waals surface area contributed by atoms with E-state index in [2.05, 4.69) is 35.3 Å². The van der Waals surface area contributed by atoms with Crippen molar-refractivity contribution in [1.29, 1.82) is 0 Å². The molecule has 3 nitrogen and oxygen atoms in total. The summed E-state index contributed by atoms with van der Waals surface area (Å²) < 4.78 is 37.8. The fourth-order valence-electron chi connectivity index (χ4n) is 3.26. The van der Waals surface area contributed by atoms with Crippen LogP contribution < -0.4 is 5.32 Å². The Morgan fingerprint density at radius 3 is 2.50 bits per heavy atom. The molecular formula is C20H21F3N2O. The molecule has 138 valence electrons. The topological polar surface area (TPSA) is 32.3 Å². The van der Waals surface area contributed by atoms with Crippen molar-refractivity contribution in [1.82, 2.24) is 10.2 Å². The minimum Gasteiger partial charge on any atom is -0.350 e. The van der Waals surface area contributed by atoms with E-state index in [0.717, 1.165) is 25.1 Å². The summed E-state index contributed by atoms with van der Waals surface area (Å²) in [5.41, 5.74) is 3.28. The number of amides is 1. The summed E-state index contributed by atoms with van der Waals surface area (Å²) in [6.45, 7) is 3.33. The number of nitrogens with zero attached hydrogens (tertiary/aromatic N) is 1. The number of hydrogen-bond donors (Lipinski definition) is 1. The molecule has 0 aromatic heterocycles. The molecule has 0 radical (unpaired) electrons. The van der Waals surface area contributed by atoms with Gasteiger partial charge in [-0.05, 0) is 55.8 Å². The average Bonchev–Trinajstić information content (AvgIpc) is 2.59. The summed E-state index contributed by atoms with van der Waals surface area (Å²) in [6.07, 6.45) is -3.56. The highest BCUT2D eigenvalue weighted by atomic mass is 19.4. The van der Waals surface area contributed by atoms with Crippen molar-refractivity contribution in [3.05, 3.63) is 70.3 Å². The fourth-order valence-corrected chi connectivity index (χ4v) is 3.26. The number of aryl methyl sites for hydroxylation is 1. The van der Waals surface area contributed by atoms with Gasteiger partial charge in [0.15, 0.2) is 0 Å². The van der Waals surface area contributed by atoms with Crippen LogP contribution in [0.5, 0.6) is 0 Å². The molecule has 1 aliphatic rings. The van der Waals surface area contributed by atoms with Crippen molar-refractivity contribution >= 4 is 5.91 Å². The highest BCUT2D eigenvalue weighted by Gasteiger charge is 2.30. The monoisotopic (exact) mass is 362 g/mol. The van der Waals surface area contributed by atoms with Gasteiger partial charge >= 0.3 is 6.18 Å². The number of alkyl halides is 3. The number of benzene rings is 2. The number of hydrogen-bond acceptors (Lipinski definition) is 2. The van der Waals surface area contributed by atoms with Gasteiger partial charge in [0.1, 0.15) is 0 Å². The van der Waals surface area contributed by atoms with Crippen molar-refractivity contribution in [2.45, 2.75) is 32.1 Å². The zero-order chi connectivity index (χ0) is 18.9. The Morgan fingerprint density at radius 1 is 1.15 bits per heavy atom.